The van der Waals surface area contributed by atoms with Crippen LogP contribution >= 0.6 is 0 Å². The lowest BCUT2D eigenvalue weighted by atomic mass is 9.98. The first-order valence-corrected chi connectivity index (χ1v) is 6.66. The van der Waals surface area contributed by atoms with Crippen LogP contribution in [0.15, 0.2) is 42.5 Å². The van der Waals surface area contributed by atoms with Gasteiger partial charge in [-0.1, -0.05) is 42.5 Å². The molecule has 0 aliphatic rings. The molecule has 0 saturated carbocycles. The van der Waals surface area contributed by atoms with Crippen molar-refractivity contribution in [1.82, 2.24) is 5.32 Å². The highest BCUT2D eigenvalue weighted by Gasteiger charge is 2.19. The standard InChI is InChI=1S/C16H18N2O3/c1-21-10-15(19)18-14(16(17)20)9-12-7-4-6-11-5-2-3-8-13(11)12/h2-8,14H,9-10H2,1H3,(H2,17,20)(H,18,19)/t14-/m0/s1. The summed E-state index contributed by atoms with van der Waals surface area (Å²) in [6.45, 7) is -0.0979. The van der Waals surface area contributed by atoms with Gasteiger partial charge in [0, 0.05) is 13.5 Å². The molecule has 110 valence electrons. The van der Waals surface area contributed by atoms with E-state index >= 15 is 0 Å². The van der Waals surface area contributed by atoms with Gasteiger partial charge >= 0.3 is 0 Å². The van der Waals surface area contributed by atoms with Gasteiger partial charge in [0.1, 0.15) is 12.6 Å². The third-order valence-corrected chi connectivity index (χ3v) is 3.26. The summed E-state index contributed by atoms with van der Waals surface area (Å²) in [4.78, 5) is 23.1. The Labute approximate surface area is 123 Å². The molecule has 0 saturated heterocycles. The number of carbonyl (C=O) groups is 2. The molecular weight excluding hydrogens is 268 g/mol. The highest BCUT2D eigenvalue weighted by Crippen LogP contribution is 2.19. The highest BCUT2D eigenvalue weighted by molar-refractivity contribution is 5.89. The number of nitrogens with one attached hydrogen (secondary N) is 1. The van der Waals surface area contributed by atoms with Crippen molar-refractivity contribution in [3.8, 4) is 0 Å². The zero-order valence-electron chi connectivity index (χ0n) is 11.8. The average Bonchev–Trinajstić information content (AvgIpc) is 2.47. The summed E-state index contributed by atoms with van der Waals surface area (Å²) in [6.07, 6.45) is 0.353. The fourth-order valence-corrected chi connectivity index (χ4v) is 2.28. The van der Waals surface area contributed by atoms with Crippen LogP contribution in [0.5, 0.6) is 0 Å². The van der Waals surface area contributed by atoms with Gasteiger partial charge in [-0.05, 0) is 16.3 Å². The molecule has 21 heavy (non-hydrogen) atoms. The molecule has 3 N–H and O–H groups in total. The monoisotopic (exact) mass is 286 g/mol. The zero-order valence-corrected chi connectivity index (χ0v) is 11.8. The Morgan fingerprint density at radius 3 is 2.62 bits per heavy atom. The van der Waals surface area contributed by atoms with Crippen LogP contribution in [0.25, 0.3) is 10.8 Å². The second-order valence-electron chi connectivity index (χ2n) is 4.80. The number of hydrogen-bond donors (Lipinski definition) is 2. The number of ether oxygens (including phenoxy) is 1. The number of carbonyl (C=O) groups excluding carboxylic acids is 2. The van der Waals surface area contributed by atoms with Crippen molar-refractivity contribution in [3.05, 3.63) is 48.0 Å². The summed E-state index contributed by atoms with van der Waals surface area (Å²) in [5.41, 5.74) is 6.35. The number of rotatable bonds is 6. The molecular formula is C16H18N2O3. The first kappa shape index (κ1) is 15.0. The van der Waals surface area contributed by atoms with E-state index in [4.69, 9.17) is 10.5 Å². The number of hydrogen-bond acceptors (Lipinski definition) is 3. The lowest BCUT2D eigenvalue weighted by Crippen LogP contribution is -2.47. The number of nitrogens with two attached hydrogens (primary N) is 1. The molecule has 1 atom stereocenters. The Morgan fingerprint density at radius 1 is 1.19 bits per heavy atom. The molecule has 5 heteroatoms. The molecule has 2 aromatic carbocycles. The molecule has 0 aliphatic heterocycles. The van der Waals surface area contributed by atoms with E-state index in [1.54, 1.807) is 0 Å². The first-order chi connectivity index (χ1) is 10.1. The molecule has 5 nitrogen and oxygen atoms in total. The van der Waals surface area contributed by atoms with Crippen LogP contribution in [0, 0.1) is 0 Å². The lowest BCUT2D eigenvalue weighted by molar-refractivity contribution is -0.129. The van der Waals surface area contributed by atoms with E-state index in [-0.39, 0.29) is 12.5 Å². The van der Waals surface area contributed by atoms with Gasteiger partial charge in [-0.2, -0.15) is 0 Å². The number of primary amides is 1. The van der Waals surface area contributed by atoms with Gasteiger partial charge in [-0.25, -0.2) is 0 Å². The SMILES string of the molecule is COCC(=O)N[C@@H](Cc1cccc2ccccc12)C(N)=O. The van der Waals surface area contributed by atoms with Crippen molar-refractivity contribution in [2.75, 3.05) is 13.7 Å². The highest BCUT2D eigenvalue weighted by atomic mass is 16.5. The van der Waals surface area contributed by atoms with Gasteiger partial charge in [0.15, 0.2) is 0 Å². The zero-order chi connectivity index (χ0) is 15.2. The fourth-order valence-electron chi connectivity index (χ4n) is 2.28. The minimum atomic E-state index is -0.751. The summed E-state index contributed by atoms with van der Waals surface area (Å²) in [6, 6.07) is 13.0. The van der Waals surface area contributed by atoms with Crippen LogP contribution in [0.3, 0.4) is 0 Å². The Balaban J connectivity index is 2.23. The molecule has 2 amide bonds. The van der Waals surface area contributed by atoms with Crippen molar-refractivity contribution in [2.45, 2.75) is 12.5 Å². The van der Waals surface area contributed by atoms with Gasteiger partial charge < -0.3 is 15.8 Å². The van der Waals surface area contributed by atoms with Crippen LogP contribution < -0.4 is 11.1 Å². The third kappa shape index (κ3) is 3.79. The number of methoxy groups -OCH3 is 1. The summed E-state index contributed by atoms with van der Waals surface area (Å²) in [5.74, 6) is -0.922. The average molecular weight is 286 g/mol. The maximum Gasteiger partial charge on any atom is 0.246 e. The molecule has 0 bridgehead atoms. The van der Waals surface area contributed by atoms with E-state index in [2.05, 4.69) is 5.32 Å². The van der Waals surface area contributed by atoms with Crippen molar-refractivity contribution < 1.29 is 14.3 Å². The van der Waals surface area contributed by atoms with Crippen LogP contribution in [-0.4, -0.2) is 31.6 Å². The minimum Gasteiger partial charge on any atom is -0.375 e. The second kappa shape index (κ2) is 6.85. The van der Waals surface area contributed by atoms with E-state index < -0.39 is 11.9 Å². The van der Waals surface area contributed by atoms with Crippen LogP contribution in [0.1, 0.15) is 5.56 Å². The van der Waals surface area contributed by atoms with Gasteiger partial charge in [0.25, 0.3) is 0 Å². The van der Waals surface area contributed by atoms with Gasteiger partial charge in [0.2, 0.25) is 11.8 Å². The molecule has 0 spiro atoms. The predicted octanol–water partition coefficient (Wildman–Crippen LogP) is 0.999. The van der Waals surface area contributed by atoms with Crippen LogP contribution in [0.4, 0.5) is 0 Å². The minimum absolute atomic E-state index is 0.0979. The molecule has 2 aromatic rings. The van der Waals surface area contributed by atoms with Crippen LogP contribution in [0.2, 0.25) is 0 Å². The number of fused-ring (bicyclic) bond motifs is 1. The molecule has 0 aromatic heterocycles. The number of amides is 2. The largest absolute Gasteiger partial charge is 0.375 e. The third-order valence-electron chi connectivity index (χ3n) is 3.26. The Kier molecular flexibility index (Phi) is 4.90. The fraction of sp³-hybridized carbons (Fsp3) is 0.250. The smallest absolute Gasteiger partial charge is 0.246 e. The molecule has 2 rings (SSSR count). The van der Waals surface area contributed by atoms with Crippen LogP contribution in [-0.2, 0) is 20.7 Å². The molecule has 0 radical (unpaired) electrons. The number of benzene rings is 2. The maximum atomic E-state index is 11.6. The van der Waals surface area contributed by atoms with Crippen molar-refractivity contribution in [2.24, 2.45) is 5.73 Å². The van der Waals surface area contributed by atoms with E-state index in [1.807, 2.05) is 42.5 Å². The quantitative estimate of drug-likeness (QED) is 0.831. The molecule has 0 unspecified atom stereocenters. The predicted molar refractivity (Wildman–Crippen MR) is 80.7 cm³/mol. The molecule has 0 heterocycles. The van der Waals surface area contributed by atoms with Crippen molar-refractivity contribution in [3.63, 3.8) is 0 Å². The van der Waals surface area contributed by atoms with Gasteiger partial charge in [-0.3, -0.25) is 9.59 Å². The summed E-state index contributed by atoms with van der Waals surface area (Å²) >= 11 is 0. The first-order valence-electron chi connectivity index (χ1n) is 6.66. The maximum absolute atomic E-state index is 11.6. The summed E-state index contributed by atoms with van der Waals surface area (Å²) < 4.78 is 4.74. The van der Waals surface area contributed by atoms with E-state index in [1.165, 1.54) is 7.11 Å². The molecule has 0 aliphatic carbocycles. The normalized spacial score (nSPS) is 12.0. The molecule has 0 fully saturated rings. The van der Waals surface area contributed by atoms with E-state index in [9.17, 15) is 9.59 Å². The Morgan fingerprint density at radius 2 is 1.90 bits per heavy atom. The Hall–Kier alpha value is -2.40. The summed E-state index contributed by atoms with van der Waals surface area (Å²) in [5, 5.41) is 4.73. The van der Waals surface area contributed by atoms with E-state index in [0.717, 1.165) is 16.3 Å². The van der Waals surface area contributed by atoms with E-state index in [0.29, 0.717) is 6.42 Å². The Bertz CT molecular complexity index is 650. The van der Waals surface area contributed by atoms with Gasteiger partial charge in [0.05, 0.1) is 0 Å². The van der Waals surface area contributed by atoms with Crippen molar-refractivity contribution >= 4 is 22.6 Å². The lowest BCUT2D eigenvalue weighted by Gasteiger charge is -2.16. The summed E-state index contributed by atoms with van der Waals surface area (Å²) in [7, 11) is 1.42. The van der Waals surface area contributed by atoms with Crippen molar-refractivity contribution in [1.29, 1.82) is 0 Å². The topological polar surface area (TPSA) is 81.4 Å². The second-order valence-corrected chi connectivity index (χ2v) is 4.80. The van der Waals surface area contributed by atoms with Gasteiger partial charge in [-0.15, -0.1) is 0 Å².